The van der Waals surface area contributed by atoms with E-state index in [1.165, 1.54) is 18.2 Å². The summed E-state index contributed by atoms with van der Waals surface area (Å²) in [5.41, 5.74) is 7.46. The monoisotopic (exact) mass is 219 g/mol. The average molecular weight is 219 g/mol. The Labute approximate surface area is 92.5 Å². The zero-order valence-electron chi connectivity index (χ0n) is 8.80. The van der Waals surface area contributed by atoms with Gasteiger partial charge in [-0.15, -0.1) is 0 Å². The summed E-state index contributed by atoms with van der Waals surface area (Å²) in [5, 5.41) is 0. The highest BCUT2D eigenvalue weighted by molar-refractivity contribution is 5.70. The highest BCUT2D eigenvalue weighted by atomic mass is 19.1. The fraction of sp³-hybridized carbons (Fsp3) is 0.0769. The first-order valence-electron chi connectivity index (χ1n) is 4.90. The van der Waals surface area contributed by atoms with Gasteiger partial charge in [0, 0.05) is 5.69 Å². The standard InChI is InChI=1S/C13H11F2N/c1-8-7-9(16)5-6-10(8)13-11(14)3-2-4-12(13)15/h2-7H,16H2,1H3. The topological polar surface area (TPSA) is 26.0 Å². The van der Waals surface area contributed by atoms with E-state index in [-0.39, 0.29) is 5.56 Å². The second-order valence-corrected chi connectivity index (χ2v) is 3.67. The van der Waals surface area contributed by atoms with Crippen LogP contribution >= 0.6 is 0 Å². The van der Waals surface area contributed by atoms with Gasteiger partial charge in [-0.25, -0.2) is 8.78 Å². The molecule has 16 heavy (non-hydrogen) atoms. The van der Waals surface area contributed by atoms with Gasteiger partial charge in [-0.1, -0.05) is 12.1 Å². The first kappa shape index (κ1) is 10.6. The van der Waals surface area contributed by atoms with E-state index in [0.717, 1.165) is 5.56 Å². The van der Waals surface area contributed by atoms with E-state index in [0.29, 0.717) is 11.3 Å². The molecule has 2 aromatic carbocycles. The number of rotatable bonds is 1. The second-order valence-electron chi connectivity index (χ2n) is 3.67. The number of aryl methyl sites for hydroxylation is 1. The van der Waals surface area contributed by atoms with Crippen LogP contribution in [-0.4, -0.2) is 0 Å². The zero-order valence-corrected chi connectivity index (χ0v) is 8.80. The van der Waals surface area contributed by atoms with Gasteiger partial charge in [0.15, 0.2) is 0 Å². The Kier molecular flexibility index (Phi) is 2.60. The summed E-state index contributed by atoms with van der Waals surface area (Å²) in [4.78, 5) is 0. The Morgan fingerprint density at radius 1 is 1.00 bits per heavy atom. The van der Waals surface area contributed by atoms with Crippen LogP contribution in [0.2, 0.25) is 0 Å². The minimum absolute atomic E-state index is 0.000000000000000222. The number of hydrogen-bond acceptors (Lipinski definition) is 1. The molecule has 0 radical (unpaired) electrons. The Balaban J connectivity index is 2.68. The van der Waals surface area contributed by atoms with Crippen molar-refractivity contribution in [1.82, 2.24) is 0 Å². The van der Waals surface area contributed by atoms with Gasteiger partial charge in [0.2, 0.25) is 0 Å². The van der Waals surface area contributed by atoms with E-state index in [9.17, 15) is 8.78 Å². The smallest absolute Gasteiger partial charge is 0.133 e. The van der Waals surface area contributed by atoms with E-state index in [4.69, 9.17) is 5.73 Å². The predicted molar refractivity (Wildman–Crippen MR) is 60.9 cm³/mol. The third-order valence-electron chi connectivity index (χ3n) is 2.48. The number of anilines is 1. The van der Waals surface area contributed by atoms with Crippen LogP contribution in [0.3, 0.4) is 0 Å². The second kappa shape index (κ2) is 3.93. The van der Waals surface area contributed by atoms with Crippen molar-refractivity contribution in [3.05, 3.63) is 53.6 Å². The van der Waals surface area contributed by atoms with Crippen molar-refractivity contribution < 1.29 is 8.78 Å². The minimum atomic E-state index is -0.562. The van der Waals surface area contributed by atoms with Crippen molar-refractivity contribution in [2.24, 2.45) is 0 Å². The lowest BCUT2D eigenvalue weighted by Crippen LogP contribution is -1.93. The van der Waals surface area contributed by atoms with Crippen LogP contribution in [0.15, 0.2) is 36.4 Å². The molecule has 0 fully saturated rings. The maximum Gasteiger partial charge on any atom is 0.133 e. The maximum absolute atomic E-state index is 13.5. The van der Waals surface area contributed by atoms with Crippen LogP contribution in [-0.2, 0) is 0 Å². The van der Waals surface area contributed by atoms with E-state index in [2.05, 4.69) is 0 Å². The number of benzene rings is 2. The lowest BCUT2D eigenvalue weighted by Gasteiger charge is -2.09. The molecular formula is C13H11F2N. The molecule has 2 aromatic rings. The molecule has 2 rings (SSSR count). The van der Waals surface area contributed by atoms with Crippen LogP contribution in [0.5, 0.6) is 0 Å². The van der Waals surface area contributed by atoms with Gasteiger partial charge >= 0.3 is 0 Å². The Bertz CT molecular complexity index is 515. The molecule has 0 amide bonds. The number of nitrogen functional groups attached to an aromatic ring is 1. The summed E-state index contributed by atoms with van der Waals surface area (Å²) in [7, 11) is 0. The van der Waals surface area contributed by atoms with Crippen LogP contribution in [0.4, 0.5) is 14.5 Å². The van der Waals surface area contributed by atoms with Gasteiger partial charge in [-0.05, 0) is 42.3 Å². The van der Waals surface area contributed by atoms with Gasteiger partial charge in [0.25, 0.3) is 0 Å². The van der Waals surface area contributed by atoms with Crippen molar-refractivity contribution >= 4 is 5.69 Å². The molecule has 0 aromatic heterocycles. The Hall–Kier alpha value is -1.90. The van der Waals surface area contributed by atoms with Gasteiger partial charge in [-0.3, -0.25) is 0 Å². The minimum Gasteiger partial charge on any atom is -0.399 e. The zero-order chi connectivity index (χ0) is 11.7. The van der Waals surface area contributed by atoms with E-state index in [1.54, 1.807) is 25.1 Å². The van der Waals surface area contributed by atoms with Crippen LogP contribution < -0.4 is 5.73 Å². The lowest BCUT2D eigenvalue weighted by molar-refractivity contribution is 0.589. The number of halogens is 2. The molecule has 0 saturated carbocycles. The number of nitrogens with two attached hydrogens (primary N) is 1. The molecule has 1 nitrogen and oxygen atoms in total. The highest BCUT2D eigenvalue weighted by Gasteiger charge is 2.12. The quantitative estimate of drug-likeness (QED) is 0.729. The third kappa shape index (κ3) is 1.76. The molecule has 0 unspecified atom stereocenters. The maximum atomic E-state index is 13.5. The highest BCUT2D eigenvalue weighted by Crippen LogP contribution is 2.29. The SMILES string of the molecule is Cc1cc(N)ccc1-c1c(F)cccc1F. The molecule has 0 aliphatic rings. The summed E-state index contributed by atoms with van der Waals surface area (Å²) in [6.07, 6.45) is 0. The van der Waals surface area contributed by atoms with Crippen molar-refractivity contribution in [1.29, 1.82) is 0 Å². The van der Waals surface area contributed by atoms with Gasteiger partial charge in [-0.2, -0.15) is 0 Å². The van der Waals surface area contributed by atoms with Crippen molar-refractivity contribution in [3.8, 4) is 11.1 Å². The fourth-order valence-electron chi connectivity index (χ4n) is 1.72. The van der Waals surface area contributed by atoms with Crippen LogP contribution in [0.25, 0.3) is 11.1 Å². The molecule has 0 spiro atoms. The summed E-state index contributed by atoms with van der Waals surface area (Å²) in [5.74, 6) is -1.12. The summed E-state index contributed by atoms with van der Waals surface area (Å²) in [6.45, 7) is 1.78. The summed E-state index contributed by atoms with van der Waals surface area (Å²) in [6, 6.07) is 8.80. The van der Waals surface area contributed by atoms with Crippen molar-refractivity contribution in [2.75, 3.05) is 5.73 Å². The molecular weight excluding hydrogens is 208 g/mol. The summed E-state index contributed by atoms with van der Waals surface area (Å²) < 4.78 is 27.1. The molecule has 0 bridgehead atoms. The molecule has 3 heteroatoms. The van der Waals surface area contributed by atoms with Gasteiger partial charge in [0.1, 0.15) is 11.6 Å². The van der Waals surface area contributed by atoms with Gasteiger partial charge in [0.05, 0.1) is 5.56 Å². The Morgan fingerprint density at radius 2 is 1.62 bits per heavy atom. The Morgan fingerprint density at radius 3 is 2.19 bits per heavy atom. The van der Waals surface area contributed by atoms with Gasteiger partial charge < -0.3 is 5.73 Å². The molecule has 0 heterocycles. The van der Waals surface area contributed by atoms with E-state index in [1.807, 2.05) is 0 Å². The van der Waals surface area contributed by atoms with Crippen LogP contribution in [0, 0.1) is 18.6 Å². The molecule has 0 atom stereocenters. The number of hydrogen-bond donors (Lipinski definition) is 1. The molecule has 82 valence electrons. The average Bonchev–Trinajstić information content (AvgIpc) is 2.20. The predicted octanol–water partition coefficient (Wildman–Crippen LogP) is 3.52. The molecule has 0 saturated heterocycles. The first-order valence-corrected chi connectivity index (χ1v) is 4.90. The van der Waals surface area contributed by atoms with Crippen molar-refractivity contribution in [3.63, 3.8) is 0 Å². The molecule has 0 aliphatic heterocycles. The van der Waals surface area contributed by atoms with E-state index < -0.39 is 11.6 Å². The summed E-state index contributed by atoms with van der Waals surface area (Å²) >= 11 is 0. The van der Waals surface area contributed by atoms with E-state index >= 15 is 0 Å². The van der Waals surface area contributed by atoms with Crippen molar-refractivity contribution in [2.45, 2.75) is 6.92 Å². The molecule has 0 aliphatic carbocycles. The molecule has 2 N–H and O–H groups in total. The largest absolute Gasteiger partial charge is 0.399 e. The van der Waals surface area contributed by atoms with Crippen LogP contribution in [0.1, 0.15) is 5.56 Å². The third-order valence-corrected chi connectivity index (χ3v) is 2.48. The fourth-order valence-corrected chi connectivity index (χ4v) is 1.72. The lowest BCUT2D eigenvalue weighted by atomic mass is 9.99. The normalized spacial score (nSPS) is 10.4. The first-order chi connectivity index (χ1) is 7.59.